The fourth-order valence-electron chi connectivity index (χ4n) is 4.77. The molecule has 164 valence electrons. The van der Waals surface area contributed by atoms with Gasteiger partial charge in [0.05, 0.1) is 17.5 Å². The second-order valence-corrected chi connectivity index (χ2v) is 9.78. The van der Waals surface area contributed by atoms with Crippen LogP contribution in [0.3, 0.4) is 0 Å². The highest BCUT2D eigenvalue weighted by atomic mass is 32.1. The van der Waals surface area contributed by atoms with Gasteiger partial charge in [0.15, 0.2) is 0 Å². The molecule has 2 aromatic heterocycles. The van der Waals surface area contributed by atoms with Crippen LogP contribution in [0.15, 0.2) is 85.1 Å². The Labute approximate surface area is 202 Å². The molecule has 0 spiro atoms. The molecule has 0 fully saturated rings. The van der Waals surface area contributed by atoms with E-state index in [1.807, 2.05) is 41.8 Å². The van der Waals surface area contributed by atoms with E-state index in [2.05, 4.69) is 72.9 Å². The van der Waals surface area contributed by atoms with E-state index in [0.29, 0.717) is 0 Å². The SMILES string of the molecule is CCCc1ccc2ccc3sc4cc(-c5cccc(C6=CC(C#N)NC=C6)n5)ccc4c3c2c1. The van der Waals surface area contributed by atoms with Gasteiger partial charge >= 0.3 is 0 Å². The van der Waals surface area contributed by atoms with Crippen LogP contribution in [-0.2, 0) is 6.42 Å². The first kappa shape index (κ1) is 20.7. The van der Waals surface area contributed by atoms with E-state index in [1.165, 1.54) is 36.5 Å². The van der Waals surface area contributed by atoms with Crippen molar-refractivity contribution < 1.29 is 0 Å². The molecule has 0 amide bonds. The zero-order valence-corrected chi connectivity index (χ0v) is 19.7. The molecule has 1 aliphatic heterocycles. The van der Waals surface area contributed by atoms with Crippen LogP contribution < -0.4 is 5.32 Å². The molecule has 0 radical (unpaired) electrons. The standard InChI is InChI=1S/C30H23N3S/c1-2-4-19-7-8-20-10-12-28-30(25(20)15-19)24-11-9-21(17-29(24)34-28)26-5-3-6-27(33-26)22-13-14-32-23(16-22)18-31/h3,5-17,23,32H,2,4H2,1H3. The highest BCUT2D eigenvalue weighted by Crippen LogP contribution is 2.40. The number of rotatable bonds is 4. The average Bonchev–Trinajstić information content (AvgIpc) is 3.27. The van der Waals surface area contributed by atoms with Crippen LogP contribution in [0.25, 0.3) is 47.8 Å². The lowest BCUT2D eigenvalue weighted by Gasteiger charge is -2.13. The van der Waals surface area contributed by atoms with Crippen molar-refractivity contribution in [2.75, 3.05) is 0 Å². The summed E-state index contributed by atoms with van der Waals surface area (Å²) in [5.74, 6) is 0. The Balaban J connectivity index is 1.46. The maximum absolute atomic E-state index is 9.25. The van der Waals surface area contributed by atoms with E-state index in [1.54, 1.807) is 0 Å². The second-order valence-electron chi connectivity index (χ2n) is 8.69. The number of hydrogen-bond donors (Lipinski definition) is 1. The van der Waals surface area contributed by atoms with Crippen LogP contribution in [-0.4, -0.2) is 11.0 Å². The van der Waals surface area contributed by atoms with Gasteiger partial charge in [0.25, 0.3) is 0 Å². The molecule has 0 saturated carbocycles. The van der Waals surface area contributed by atoms with Crippen molar-refractivity contribution in [1.29, 1.82) is 5.26 Å². The Kier molecular flexibility index (Phi) is 5.13. The number of pyridine rings is 1. The molecule has 5 aromatic rings. The van der Waals surface area contributed by atoms with E-state index < -0.39 is 0 Å². The monoisotopic (exact) mass is 457 g/mol. The number of nitrogens with one attached hydrogen (secondary N) is 1. The van der Waals surface area contributed by atoms with Gasteiger partial charge in [0, 0.05) is 31.3 Å². The summed E-state index contributed by atoms with van der Waals surface area (Å²) in [5, 5.41) is 17.6. The Bertz CT molecular complexity index is 1670. The van der Waals surface area contributed by atoms with E-state index in [9.17, 15) is 5.26 Å². The molecular weight excluding hydrogens is 434 g/mol. The lowest BCUT2D eigenvalue weighted by Crippen LogP contribution is -2.22. The third kappa shape index (κ3) is 3.55. The van der Waals surface area contributed by atoms with Gasteiger partial charge in [-0.25, -0.2) is 4.98 Å². The largest absolute Gasteiger partial charge is 0.373 e. The van der Waals surface area contributed by atoms with Gasteiger partial charge in [-0.3, -0.25) is 0 Å². The molecule has 1 unspecified atom stereocenters. The number of benzene rings is 3. The van der Waals surface area contributed by atoms with Crippen LogP contribution in [0.1, 0.15) is 24.6 Å². The van der Waals surface area contributed by atoms with Crippen molar-refractivity contribution in [1.82, 2.24) is 10.3 Å². The number of thiophene rings is 1. The Hall–Kier alpha value is -3.94. The molecule has 0 bridgehead atoms. The zero-order valence-electron chi connectivity index (χ0n) is 18.9. The van der Waals surface area contributed by atoms with Gasteiger partial charge in [-0.05, 0) is 65.4 Å². The van der Waals surface area contributed by atoms with Crippen molar-refractivity contribution >= 4 is 47.9 Å². The highest BCUT2D eigenvalue weighted by molar-refractivity contribution is 7.26. The summed E-state index contributed by atoms with van der Waals surface area (Å²) < 4.78 is 2.60. The third-order valence-corrected chi connectivity index (χ3v) is 7.54. The number of nitriles is 1. The zero-order chi connectivity index (χ0) is 23.1. The fourth-order valence-corrected chi connectivity index (χ4v) is 5.93. The molecule has 0 saturated heterocycles. The van der Waals surface area contributed by atoms with E-state index in [0.717, 1.165) is 35.4 Å². The maximum atomic E-state index is 9.25. The van der Waals surface area contributed by atoms with Crippen LogP contribution in [0, 0.1) is 11.3 Å². The molecule has 0 aliphatic carbocycles. The second kappa shape index (κ2) is 8.44. The van der Waals surface area contributed by atoms with Crippen molar-refractivity contribution in [2.45, 2.75) is 25.8 Å². The molecule has 3 nitrogen and oxygen atoms in total. The number of aryl methyl sites for hydroxylation is 1. The van der Waals surface area contributed by atoms with E-state index in [4.69, 9.17) is 4.98 Å². The predicted octanol–water partition coefficient (Wildman–Crippen LogP) is 7.61. The predicted molar refractivity (Wildman–Crippen MR) is 144 cm³/mol. The molecular formula is C30H23N3S. The van der Waals surface area contributed by atoms with Crippen molar-refractivity contribution in [3.63, 3.8) is 0 Å². The summed E-state index contributed by atoms with van der Waals surface area (Å²) >= 11 is 1.85. The maximum Gasteiger partial charge on any atom is 0.133 e. The normalized spacial score (nSPS) is 15.4. The number of nitrogens with zero attached hydrogens (tertiary/aromatic N) is 2. The molecule has 4 heteroatoms. The summed E-state index contributed by atoms with van der Waals surface area (Å²) in [6, 6.07) is 26.1. The first-order chi connectivity index (χ1) is 16.7. The minimum atomic E-state index is -0.326. The van der Waals surface area contributed by atoms with Crippen LogP contribution in [0.4, 0.5) is 0 Å². The first-order valence-electron chi connectivity index (χ1n) is 11.6. The molecule has 3 aromatic carbocycles. The van der Waals surface area contributed by atoms with Gasteiger partial charge in [-0.1, -0.05) is 55.8 Å². The molecule has 3 heterocycles. The summed E-state index contributed by atoms with van der Waals surface area (Å²) in [6.45, 7) is 2.23. The first-order valence-corrected chi connectivity index (χ1v) is 12.4. The summed E-state index contributed by atoms with van der Waals surface area (Å²) in [5.41, 5.74) is 5.28. The molecule has 1 atom stereocenters. The minimum Gasteiger partial charge on any atom is -0.373 e. The Morgan fingerprint density at radius 1 is 0.971 bits per heavy atom. The number of allylic oxidation sites excluding steroid dienone is 2. The van der Waals surface area contributed by atoms with Crippen LogP contribution in [0.5, 0.6) is 0 Å². The van der Waals surface area contributed by atoms with Gasteiger partial charge in [0.2, 0.25) is 0 Å². The summed E-state index contributed by atoms with van der Waals surface area (Å²) in [4.78, 5) is 4.93. The average molecular weight is 458 g/mol. The van der Waals surface area contributed by atoms with Gasteiger partial charge in [-0.15, -0.1) is 11.3 Å². The molecule has 34 heavy (non-hydrogen) atoms. The van der Waals surface area contributed by atoms with Gasteiger partial charge < -0.3 is 5.32 Å². The highest BCUT2D eigenvalue weighted by Gasteiger charge is 2.13. The quantitative estimate of drug-likeness (QED) is 0.302. The lowest BCUT2D eigenvalue weighted by atomic mass is 9.99. The minimum absolute atomic E-state index is 0.326. The number of aromatic nitrogens is 1. The van der Waals surface area contributed by atoms with Crippen molar-refractivity contribution in [2.24, 2.45) is 0 Å². The number of hydrogen-bond acceptors (Lipinski definition) is 4. The van der Waals surface area contributed by atoms with E-state index in [-0.39, 0.29) is 6.04 Å². The van der Waals surface area contributed by atoms with Crippen LogP contribution >= 0.6 is 11.3 Å². The lowest BCUT2D eigenvalue weighted by molar-refractivity contribution is 0.843. The Morgan fingerprint density at radius 3 is 2.74 bits per heavy atom. The summed E-state index contributed by atoms with van der Waals surface area (Å²) in [7, 11) is 0. The molecule has 6 rings (SSSR count). The number of dihydropyridines is 1. The summed E-state index contributed by atoms with van der Waals surface area (Å²) in [6.07, 6.45) is 7.96. The molecule has 1 aliphatic rings. The van der Waals surface area contributed by atoms with E-state index >= 15 is 0 Å². The smallest absolute Gasteiger partial charge is 0.133 e. The third-order valence-electron chi connectivity index (χ3n) is 6.42. The van der Waals surface area contributed by atoms with Gasteiger partial charge in [0.1, 0.15) is 6.04 Å². The van der Waals surface area contributed by atoms with Crippen molar-refractivity contribution in [3.05, 3.63) is 96.3 Å². The number of fused-ring (bicyclic) bond motifs is 5. The fraction of sp³-hybridized carbons (Fsp3) is 0.133. The topological polar surface area (TPSA) is 48.7 Å². The molecule has 1 N–H and O–H groups in total. The van der Waals surface area contributed by atoms with Gasteiger partial charge in [-0.2, -0.15) is 5.26 Å². The van der Waals surface area contributed by atoms with Crippen molar-refractivity contribution in [3.8, 4) is 17.3 Å². The van der Waals surface area contributed by atoms with Crippen LogP contribution in [0.2, 0.25) is 0 Å². The Morgan fingerprint density at radius 2 is 1.85 bits per heavy atom.